The third kappa shape index (κ3) is 10.1. The molecule has 0 aromatic carbocycles. The highest BCUT2D eigenvalue weighted by atomic mass is 17.3. The molecule has 424 valence electrons. The van der Waals surface area contributed by atoms with Gasteiger partial charge in [0.15, 0.2) is 23.5 Å². The number of Topliss-reactive ketones (excluding diaryl/α,β-unsaturated/α-hetero) is 1. The molecule has 0 amide bonds. The fraction of sp³-hybridized carbons (Fsp3) is 0.900. The van der Waals surface area contributed by atoms with Crippen molar-refractivity contribution in [3.63, 3.8) is 0 Å². The highest BCUT2D eigenvalue weighted by Crippen LogP contribution is 2.61. The summed E-state index contributed by atoms with van der Waals surface area (Å²) in [6.45, 7) is 26.8. The number of aliphatic hydroxyl groups is 2. The molecular formula is C60H95NO14. The van der Waals surface area contributed by atoms with Crippen LogP contribution in [0.2, 0.25) is 0 Å². The van der Waals surface area contributed by atoms with E-state index in [-0.39, 0.29) is 65.5 Å². The van der Waals surface area contributed by atoms with Crippen molar-refractivity contribution in [3.8, 4) is 12.3 Å². The average molecular weight is 1050 g/mol. The first kappa shape index (κ1) is 57.6. The quantitative estimate of drug-likeness (QED) is 0.0612. The van der Waals surface area contributed by atoms with E-state index >= 15 is 4.79 Å². The molecule has 9 heterocycles. The van der Waals surface area contributed by atoms with Gasteiger partial charge in [-0.05, 0) is 128 Å². The highest BCUT2D eigenvalue weighted by molar-refractivity contribution is 5.84. The molecule has 15 heteroatoms. The topological polar surface area (TPSA) is 179 Å². The van der Waals surface area contributed by atoms with Gasteiger partial charge in [-0.25, -0.2) is 9.78 Å². The van der Waals surface area contributed by atoms with Gasteiger partial charge in [0.2, 0.25) is 12.1 Å². The van der Waals surface area contributed by atoms with E-state index in [1.54, 1.807) is 0 Å². The second kappa shape index (κ2) is 21.8. The molecular weight excluding hydrogens is 959 g/mol. The predicted octanol–water partition coefficient (Wildman–Crippen LogP) is 9.09. The molecule has 0 aromatic heterocycles. The van der Waals surface area contributed by atoms with E-state index in [0.29, 0.717) is 70.3 Å². The molecule has 0 radical (unpaired) electrons. The maximum atomic E-state index is 15.0. The van der Waals surface area contributed by atoms with Crippen molar-refractivity contribution in [2.45, 2.75) is 269 Å². The summed E-state index contributed by atoms with van der Waals surface area (Å²) in [6, 6.07) is -0.377. The smallest absolute Gasteiger partial charge is 0.313 e. The second-order valence-corrected chi connectivity index (χ2v) is 25.9. The number of esters is 1. The van der Waals surface area contributed by atoms with E-state index in [4.69, 9.17) is 54.1 Å². The molecule has 10 rings (SSSR count). The molecule has 1 saturated carbocycles. The Bertz CT molecular complexity index is 2120. The predicted molar refractivity (Wildman–Crippen MR) is 279 cm³/mol. The Morgan fingerprint density at radius 2 is 1.55 bits per heavy atom. The van der Waals surface area contributed by atoms with Crippen LogP contribution < -0.4 is 5.32 Å². The van der Waals surface area contributed by atoms with Crippen LogP contribution in [-0.2, 0) is 57.3 Å². The average Bonchev–Trinajstić information content (AvgIpc) is 3.61. The lowest BCUT2D eigenvalue weighted by Crippen LogP contribution is -2.70. The van der Waals surface area contributed by atoms with E-state index in [2.05, 4.69) is 58.9 Å². The Kier molecular flexibility index (Phi) is 16.7. The van der Waals surface area contributed by atoms with Gasteiger partial charge in [0.25, 0.3) is 0 Å². The first-order valence-electron chi connectivity index (χ1n) is 29.6. The zero-order valence-electron chi connectivity index (χ0n) is 47.7. The summed E-state index contributed by atoms with van der Waals surface area (Å²) < 4.78 is 54.8. The fourth-order valence-electron chi connectivity index (χ4n) is 16.1. The van der Waals surface area contributed by atoms with Gasteiger partial charge in [0.05, 0.1) is 66.3 Å². The van der Waals surface area contributed by atoms with E-state index in [9.17, 15) is 15.0 Å². The molecule has 3 spiro atoms. The third-order valence-electron chi connectivity index (χ3n) is 21.2. The Morgan fingerprint density at radius 1 is 0.813 bits per heavy atom. The Hall–Kier alpha value is -2.04. The van der Waals surface area contributed by atoms with Crippen LogP contribution in [0.1, 0.15) is 180 Å². The molecule has 75 heavy (non-hydrogen) atoms. The minimum absolute atomic E-state index is 0.00997. The van der Waals surface area contributed by atoms with Crippen molar-refractivity contribution >= 4 is 11.8 Å². The number of aliphatic hydroxyl groups excluding tert-OH is 1. The number of carbonyl (C=O) groups excluding carboxylic acids is 2. The number of carbonyl (C=O) groups is 2. The number of hydrogen-bond donors (Lipinski definition) is 3. The molecule has 2 unspecified atom stereocenters. The molecule has 2 bridgehead atoms. The Labute approximate surface area is 448 Å². The van der Waals surface area contributed by atoms with Crippen molar-refractivity contribution in [2.24, 2.45) is 65.1 Å². The first-order chi connectivity index (χ1) is 35.5. The van der Waals surface area contributed by atoms with Crippen LogP contribution in [0.15, 0.2) is 12.2 Å². The maximum Gasteiger partial charge on any atom is 0.313 e. The standard InChI is InChI=1S/C60H95NO14/c1-15-31-61-46-24-28-58(73-59(46)30-29-55(13,72-59)47-25-27-57(65,18-4)40(12)66-47)36(8)32-35(7)51(70-58)42(17-3)49(63)38(10)48(62)39(11)50-34(6)20-22-45(67-50)41(16-2)52(64)68-53-37(9)44-21-19-33(5)43-23-26-56(14)71-54(69-53)60(43,44)75-74-56/h1,24,28,33-48,50-51,53-54,61-62,65H,16-23,25-27,29-32H2,2-14H3/t33-,34+,35+,36-,37-,38+,39+,40+,41-,42+,43+,44+,45-,46+,47-,48-,50-,51+,53?,54-,55+,56?,57-,58+,59+,60-/m1/s1. The minimum Gasteiger partial charge on any atom is -0.435 e. The lowest BCUT2D eigenvalue weighted by Gasteiger charge is -2.60. The van der Waals surface area contributed by atoms with Crippen LogP contribution in [0.4, 0.5) is 0 Å². The van der Waals surface area contributed by atoms with E-state index in [1.165, 1.54) is 0 Å². The first-order valence-corrected chi connectivity index (χ1v) is 29.6. The zero-order valence-corrected chi connectivity index (χ0v) is 47.7. The van der Waals surface area contributed by atoms with E-state index in [1.807, 2.05) is 54.5 Å². The van der Waals surface area contributed by atoms with Gasteiger partial charge >= 0.3 is 5.97 Å². The molecule has 0 aromatic rings. The Balaban J connectivity index is 0.864. The van der Waals surface area contributed by atoms with Crippen molar-refractivity contribution < 1.29 is 67.5 Å². The summed E-state index contributed by atoms with van der Waals surface area (Å²) >= 11 is 0. The van der Waals surface area contributed by atoms with Crippen LogP contribution >= 0.6 is 0 Å². The molecule has 1 aliphatic carbocycles. The van der Waals surface area contributed by atoms with E-state index in [0.717, 1.165) is 32.1 Å². The van der Waals surface area contributed by atoms with Crippen LogP contribution in [0, 0.1) is 77.4 Å². The molecule has 3 N–H and O–H groups in total. The molecule has 8 saturated heterocycles. The number of fused-ring (bicyclic) bond motifs is 2. The van der Waals surface area contributed by atoms with Gasteiger partial charge < -0.3 is 48.1 Å². The van der Waals surface area contributed by atoms with Crippen LogP contribution in [0.5, 0.6) is 0 Å². The summed E-state index contributed by atoms with van der Waals surface area (Å²) in [5.41, 5.74) is -2.35. The van der Waals surface area contributed by atoms with Crippen LogP contribution in [-0.4, -0.2) is 118 Å². The second-order valence-electron chi connectivity index (χ2n) is 25.9. The fourth-order valence-corrected chi connectivity index (χ4v) is 16.1. The number of nitrogens with one attached hydrogen (secondary N) is 1. The third-order valence-corrected chi connectivity index (χ3v) is 21.2. The van der Waals surface area contributed by atoms with Gasteiger partial charge in [0, 0.05) is 48.3 Å². The van der Waals surface area contributed by atoms with Crippen molar-refractivity contribution in [3.05, 3.63) is 12.2 Å². The largest absolute Gasteiger partial charge is 0.435 e. The lowest BCUT2D eigenvalue weighted by atomic mass is 9.58. The van der Waals surface area contributed by atoms with Crippen molar-refractivity contribution in [2.75, 3.05) is 6.54 Å². The number of terminal acetylenes is 1. The van der Waals surface area contributed by atoms with Gasteiger partial charge in [-0.1, -0.05) is 81.2 Å². The van der Waals surface area contributed by atoms with Crippen molar-refractivity contribution in [1.82, 2.24) is 5.32 Å². The normalized spacial score (nSPS) is 49.5. The summed E-state index contributed by atoms with van der Waals surface area (Å²) in [6.07, 6.45) is 15.2. The van der Waals surface area contributed by atoms with E-state index < -0.39 is 94.8 Å². The van der Waals surface area contributed by atoms with Crippen LogP contribution in [0.25, 0.3) is 0 Å². The molecule has 10 aliphatic rings. The summed E-state index contributed by atoms with van der Waals surface area (Å²) in [5, 5.41) is 27.0. The van der Waals surface area contributed by atoms with Gasteiger partial charge in [-0.2, -0.15) is 0 Å². The maximum absolute atomic E-state index is 15.0. The Morgan fingerprint density at radius 3 is 2.24 bits per heavy atom. The molecule has 9 fully saturated rings. The lowest BCUT2D eigenvalue weighted by molar-refractivity contribution is -0.576. The SMILES string of the molecule is C#CCN[C@H]1C=C[C@]2(O[C@H]([C@@H](CC)C(=O)[C@@H](C)[C@@H](O)[C@H](C)[C@@H]3O[C@@H]([C@@H](CC)C(=O)OC4O[C@@H]5OC6(C)CC[C@H]7[C@H](C)CC[C@@H]([C@H]4C)[C@@]57OO6)CC[C@@H]3C)[C@@H](C)C[C@H]2C)O[C@@]12CC[C@@](C)([C@H]1CC[C@](O)(CC)[C@H](C)O1)O2. The highest BCUT2D eigenvalue weighted by Gasteiger charge is 2.70. The molecule has 15 nitrogen and oxygen atoms in total. The van der Waals surface area contributed by atoms with Gasteiger partial charge in [-0.15, -0.1) is 6.42 Å². The molecule has 9 aliphatic heterocycles. The summed E-state index contributed by atoms with van der Waals surface area (Å²) in [4.78, 5) is 41.7. The monoisotopic (exact) mass is 1050 g/mol. The number of hydrogen-bond acceptors (Lipinski definition) is 15. The van der Waals surface area contributed by atoms with Crippen LogP contribution in [0.3, 0.4) is 0 Å². The molecule has 26 atom stereocenters. The summed E-state index contributed by atoms with van der Waals surface area (Å²) in [7, 11) is 0. The number of ether oxygens (including phenoxy) is 8. The minimum atomic E-state index is -1.20. The van der Waals surface area contributed by atoms with Gasteiger partial charge in [-0.3, -0.25) is 14.9 Å². The summed E-state index contributed by atoms with van der Waals surface area (Å²) in [5.74, 6) is -2.76. The number of ketones is 1. The van der Waals surface area contributed by atoms with Gasteiger partial charge in [0.1, 0.15) is 5.78 Å². The number of rotatable bonds is 15. The van der Waals surface area contributed by atoms with Crippen molar-refractivity contribution in [1.29, 1.82) is 0 Å². The zero-order chi connectivity index (χ0) is 54.2.